The Bertz CT molecular complexity index is 1590. The van der Waals surface area contributed by atoms with E-state index in [1.54, 1.807) is 12.1 Å². The fourth-order valence-corrected chi connectivity index (χ4v) is 7.18. The number of ether oxygens (including phenoxy) is 1. The summed E-state index contributed by atoms with van der Waals surface area (Å²) in [5, 5.41) is 11.0. The maximum Gasteiger partial charge on any atom is 0.416 e. The van der Waals surface area contributed by atoms with Gasteiger partial charge in [0.2, 0.25) is 11.8 Å². The van der Waals surface area contributed by atoms with Gasteiger partial charge in [-0.15, -0.1) is 0 Å². The molecule has 208 valence electrons. The number of carbonyl (C=O) groups excluding carboxylic acids is 3. The molecule has 2 aliphatic rings. The van der Waals surface area contributed by atoms with Gasteiger partial charge >= 0.3 is 17.0 Å². The molecule has 3 aromatic rings. The zero-order valence-corrected chi connectivity index (χ0v) is 21.7. The van der Waals surface area contributed by atoms with Crippen LogP contribution in [0.3, 0.4) is 0 Å². The number of aromatic nitrogens is 1. The Morgan fingerprint density at radius 2 is 1.82 bits per heavy atom. The zero-order chi connectivity index (χ0) is 28.8. The number of hydrogen-bond acceptors (Lipinski definition) is 8. The van der Waals surface area contributed by atoms with E-state index in [0.29, 0.717) is 20.4 Å². The summed E-state index contributed by atoms with van der Waals surface area (Å²) in [5.41, 5.74) is -0.495. The van der Waals surface area contributed by atoms with Gasteiger partial charge in [-0.1, -0.05) is 41.3 Å². The Morgan fingerprint density at radius 1 is 1.07 bits per heavy atom. The predicted octanol–water partition coefficient (Wildman–Crippen LogP) is 3.15. The van der Waals surface area contributed by atoms with Crippen LogP contribution >= 0.6 is 23.1 Å². The second-order valence-electron chi connectivity index (χ2n) is 8.89. The first kappa shape index (κ1) is 27.5. The summed E-state index contributed by atoms with van der Waals surface area (Å²) in [4.78, 5) is 65.5. The number of thiazole rings is 1. The minimum absolute atomic E-state index is 0.0619. The number of benzene rings is 2. The van der Waals surface area contributed by atoms with Crippen molar-refractivity contribution in [2.75, 3.05) is 18.5 Å². The van der Waals surface area contributed by atoms with Crippen LogP contribution in [0.1, 0.15) is 21.9 Å². The summed E-state index contributed by atoms with van der Waals surface area (Å²) in [6.45, 7) is -1.33. The Labute approximate surface area is 231 Å². The maximum absolute atomic E-state index is 13.2. The summed E-state index contributed by atoms with van der Waals surface area (Å²) in [7, 11) is 0. The SMILES string of the molecule is O=C(O)CN1C(=O)C2Sc3[nH]c(=O)sc3[C@@H](c3cccc(OCC(=O)Nc4cccc(C(F)(F)F)c4)c3)C2C1=O. The Kier molecular flexibility index (Phi) is 7.18. The number of hydrogen-bond donors (Lipinski definition) is 3. The van der Waals surface area contributed by atoms with Crippen LogP contribution in [0.25, 0.3) is 0 Å². The normalized spacial score (nSPS) is 20.2. The molecule has 1 saturated heterocycles. The van der Waals surface area contributed by atoms with Crippen molar-refractivity contribution in [3.63, 3.8) is 0 Å². The quantitative estimate of drug-likeness (QED) is 0.354. The van der Waals surface area contributed by atoms with Gasteiger partial charge in [0, 0.05) is 16.5 Å². The molecule has 3 heterocycles. The Balaban J connectivity index is 1.37. The number of halogens is 3. The van der Waals surface area contributed by atoms with E-state index in [1.165, 1.54) is 18.2 Å². The molecule has 40 heavy (non-hydrogen) atoms. The molecule has 1 fully saturated rings. The number of H-pyrrole nitrogens is 1. The number of thioether (sulfide) groups is 1. The van der Waals surface area contributed by atoms with E-state index in [4.69, 9.17) is 4.74 Å². The third kappa shape index (κ3) is 5.34. The van der Waals surface area contributed by atoms with E-state index in [1.807, 2.05) is 0 Å². The summed E-state index contributed by atoms with van der Waals surface area (Å²) >= 11 is 1.88. The number of amides is 3. The Morgan fingerprint density at radius 3 is 2.55 bits per heavy atom. The second-order valence-corrected chi connectivity index (χ2v) is 11.1. The lowest BCUT2D eigenvalue weighted by Gasteiger charge is -2.30. The van der Waals surface area contributed by atoms with Gasteiger partial charge < -0.3 is 20.1 Å². The number of carbonyl (C=O) groups is 4. The van der Waals surface area contributed by atoms with E-state index in [0.717, 1.165) is 41.3 Å². The van der Waals surface area contributed by atoms with E-state index >= 15 is 0 Å². The standard InChI is InChI=1S/C25H18F3N3O7S2/c26-25(27,28)12-4-2-5-13(8-12)29-15(32)10-38-14-6-1-3-11(7-14)17-18-20(39-21-19(17)40-24(37)30-21)23(36)31(22(18)35)9-16(33)34/h1-8,17-18,20H,9-10H2,(H,29,32)(H,30,37)(H,33,34)/t17-,18?,20?/m0/s1. The van der Waals surface area contributed by atoms with Crippen LogP contribution in [0.2, 0.25) is 0 Å². The van der Waals surface area contributed by atoms with Crippen molar-refractivity contribution >= 4 is 52.5 Å². The number of aromatic amines is 1. The van der Waals surface area contributed by atoms with Gasteiger partial charge in [0.05, 0.1) is 16.5 Å². The minimum Gasteiger partial charge on any atom is -0.484 e. The largest absolute Gasteiger partial charge is 0.484 e. The highest BCUT2D eigenvalue weighted by atomic mass is 32.2. The number of aliphatic carboxylic acids is 1. The third-order valence-corrected chi connectivity index (χ3v) is 8.67. The number of nitrogens with zero attached hydrogens (tertiary/aromatic N) is 1. The average molecular weight is 594 g/mol. The van der Waals surface area contributed by atoms with Gasteiger partial charge in [0.25, 0.3) is 5.91 Å². The molecule has 3 atom stereocenters. The zero-order valence-electron chi connectivity index (χ0n) is 20.1. The first-order chi connectivity index (χ1) is 18.9. The highest BCUT2D eigenvalue weighted by molar-refractivity contribution is 8.00. The summed E-state index contributed by atoms with van der Waals surface area (Å²) in [6, 6.07) is 10.4. The second kappa shape index (κ2) is 10.5. The smallest absolute Gasteiger partial charge is 0.416 e. The van der Waals surface area contributed by atoms with E-state index in [2.05, 4.69) is 10.3 Å². The van der Waals surface area contributed by atoms with Gasteiger partial charge in [0.15, 0.2) is 6.61 Å². The first-order valence-corrected chi connectivity index (χ1v) is 13.3. The number of carboxylic acids is 1. The van der Waals surface area contributed by atoms with Crippen molar-refractivity contribution in [1.29, 1.82) is 0 Å². The van der Waals surface area contributed by atoms with Gasteiger partial charge in [-0.3, -0.25) is 28.9 Å². The highest BCUT2D eigenvalue weighted by Gasteiger charge is 2.56. The van der Waals surface area contributed by atoms with E-state index in [9.17, 15) is 42.3 Å². The van der Waals surface area contributed by atoms with Crippen LogP contribution in [0.4, 0.5) is 18.9 Å². The van der Waals surface area contributed by atoms with Crippen LogP contribution in [0.5, 0.6) is 5.75 Å². The van der Waals surface area contributed by atoms with Crippen LogP contribution in [0.15, 0.2) is 58.4 Å². The first-order valence-electron chi connectivity index (χ1n) is 11.6. The molecule has 0 radical (unpaired) electrons. The van der Waals surface area contributed by atoms with Crippen LogP contribution in [-0.4, -0.2) is 57.1 Å². The van der Waals surface area contributed by atoms with Crippen molar-refractivity contribution in [2.45, 2.75) is 22.4 Å². The lowest BCUT2D eigenvalue weighted by Crippen LogP contribution is -2.36. The van der Waals surface area contributed by atoms with Crippen molar-refractivity contribution in [3.05, 3.63) is 74.2 Å². The molecule has 0 spiro atoms. The predicted molar refractivity (Wildman–Crippen MR) is 136 cm³/mol. The number of likely N-dealkylation sites (tertiary alicyclic amines) is 1. The third-order valence-electron chi connectivity index (χ3n) is 6.27. The number of fused-ring (bicyclic) bond motifs is 2. The molecule has 0 aliphatic carbocycles. The van der Waals surface area contributed by atoms with Crippen LogP contribution in [0, 0.1) is 5.92 Å². The number of alkyl halides is 3. The maximum atomic E-state index is 13.2. The minimum atomic E-state index is -4.57. The summed E-state index contributed by atoms with van der Waals surface area (Å²) in [5.74, 6) is -4.96. The molecular weight excluding hydrogens is 575 g/mol. The number of imide groups is 1. The molecule has 3 amide bonds. The van der Waals surface area contributed by atoms with Crippen molar-refractivity contribution in [2.24, 2.45) is 5.92 Å². The van der Waals surface area contributed by atoms with Gasteiger partial charge in [-0.2, -0.15) is 13.2 Å². The molecule has 2 unspecified atom stereocenters. The number of nitrogens with one attached hydrogen (secondary N) is 2. The van der Waals surface area contributed by atoms with Crippen molar-refractivity contribution < 1.29 is 42.2 Å². The lowest BCUT2D eigenvalue weighted by molar-refractivity contribution is -0.149. The summed E-state index contributed by atoms with van der Waals surface area (Å²) in [6.07, 6.45) is -4.57. The molecule has 2 aromatic carbocycles. The van der Waals surface area contributed by atoms with Crippen LogP contribution in [-0.2, 0) is 25.4 Å². The summed E-state index contributed by atoms with van der Waals surface area (Å²) < 4.78 is 44.4. The molecule has 15 heteroatoms. The molecule has 1 aromatic heterocycles. The fourth-order valence-electron chi connectivity index (χ4n) is 4.64. The van der Waals surface area contributed by atoms with Crippen molar-refractivity contribution in [3.8, 4) is 5.75 Å². The highest BCUT2D eigenvalue weighted by Crippen LogP contribution is 2.52. The van der Waals surface area contributed by atoms with Gasteiger partial charge in [-0.05, 0) is 35.9 Å². The molecule has 2 aliphatic heterocycles. The molecule has 0 saturated carbocycles. The molecule has 5 rings (SSSR count). The van der Waals surface area contributed by atoms with Crippen molar-refractivity contribution in [1.82, 2.24) is 9.88 Å². The average Bonchev–Trinajstić information content (AvgIpc) is 3.37. The topological polar surface area (TPSA) is 146 Å². The van der Waals surface area contributed by atoms with E-state index in [-0.39, 0.29) is 16.3 Å². The molecule has 0 bridgehead atoms. The molecule has 3 N–H and O–H groups in total. The monoisotopic (exact) mass is 593 g/mol. The lowest BCUT2D eigenvalue weighted by atomic mass is 9.83. The van der Waals surface area contributed by atoms with Gasteiger partial charge in [-0.25, -0.2) is 0 Å². The Hall–Kier alpha value is -4.11. The number of anilines is 1. The fraction of sp³-hybridized carbons (Fsp3) is 0.240. The van der Waals surface area contributed by atoms with Gasteiger partial charge in [0.1, 0.15) is 17.5 Å². The van der Waals surface area contributed by atoms with Crippen LogP contribution < -0.4 is 14.9 Å². The van der Waals surface area contributed by atoms with E-state index < -0.39 is 65.7 Å². The molecular formula is C25H18F3N3O7S2. The number of rotatable bonds is 7. The molecule has 10 nitrogen and oxygen atoms in total. The number of carboxylic acid groups (broad SMARTS) is 1.